The predicted molar refractivity (Wildman–Crippen MR) is 231 cm³/mol. The zero-order valence-electron chi connectivity index (χ0n) is 38.2. The van der Waals surface area contributed by atoms with E-state index in [4.69, 9.17) is 20.8 Å². The summed E-state index contributed by atoms with van der Waals surface area (Å²) in [6, 6.07) is 4.22. The van der Waals surface area contributed by atoms with Gasteiger partial charge in [0.15, 0.2) is 0 Å². The quantitative estimate of drug-likeness (QED) is 0.0802. The molecule has 12 nitrogen and oxygen atoms in total. The Morgan fingerprint density at radius 2 is 0.859 bits per heavy atom. The molecule has 64 heavy (non-hydrogen) atoms. The molecule has 0 aromatic rings. The lowest BCUT2D eigenvalue weighted by molar-refractivity contribution is -0.150. The lowest BCUT2D eigenvalue weighted by Gasteiger charge is -2.37. The summed E-state index contributed by atoms with van der Waals surface area (Å²) in [5.74, 6) is -9.24. The minimum atomic E-state index is -1.40. The van der Waals surface area contributed by atoms with E-state index in [0.29, 0.717) is 75.6 Å². The van der Waals surface area contributed by atoms with Crippen LogP contribution in [0.2, 0.25) is 0 Å². The van der Waals surface area contributed by atoms with Gasteiger partial charge in [-0.1, -0.05) is 41.5 Å². The average molecular weight is 887 g/mol. The molecular weight excluding hydrogens is 826 g/mol. The van der Waals surface area contributed by atoms with Gasteiger partial charge < -0.3 is 28.9 Å². The molecule has 15 heteroatoms. The Labute approximate surface area is 375 Å². The van der Waals surface area contributed by atoms with Crippen molar-refractivity contribution in [2.24, 2.45) is 22.2 Å². The van der Waals surface area contributed by atoms with E-state index in [1.807, 2.05) is 41.5 Å². The summed E-state index contributed by atoms with van der Waals surface area (Å²) in [4.78, 5) is 50.2. The van der Waals surface area contributed by atoms with Crippen LogP contribution in [-0.4, -0.2) is 91.7 Å². The van der Waals surface area contributed by atoms with Crippen molar-refractivity contribution in [3.8, 4) is 12.1 Å². The molecule has 0 amide bonds. The maximum absolute atomic E-state index is 16.2. The van der Waals surface area contributed by atoms with E-state index in [1.54, 1.807) is 0 Å². The summed E-state index contributed by atoms with van der Waals surface area (Å²) in [5.41, 5.74) is 0.561. The fraction of sp³-hybridized carbons (Fsp3) is 0.633. The van der Waals surface area contributed by atoms with Gasteiger partial charge in [0, 0.05) is 73.1 Å². The number of nitriles is 2. The van der Waals surface area contributed by atoms with Crippen molar-refractivity contribution in [2.75, 3.05) is 59.1 Å². The highest BCUT2D eigenvalue weighted by atomic mass is 19.1. The summed E-state index contributed by atoms with van der Waals surface area (Å²) in [6.07, 6.45) is 7.39. The standard InChI is InChI=1S/C49H61F3N6O6/c1-47(2)20-32(35(26-53)37(23-47)56-14-8-9-15-56)40(50)44(59)62-28-31(29-63-45(60)41(51)33-21-48(3,4)24-38(36(33)27-54)57-16-10-11-17-57)30-64-46(61)42(52)34-22-49(5,6)25-39(43(34)55-7)58-18-12-13-19-58/h31H,8-25,28-30H2,1-6H3/b40-32-,41-33-,42-34-. The first-order valence-corrected chi connectivity index (χ1v) is 22.6. The number of ether oxygens (including phenoxy) is 3. The van der Waals surface area contributed by atoms with Gasteiger partial charge in [-0.15, -0.1) is 0 Å². The molecule has 0 N–H and O–H groups in total. The van der Waals surface area contributed by atoms with E-state index >= 15 is 13.2 Å². The topological polar surface area (TPSA) is 141 Å². The van der Waals surface area contributed by atoms with Crippen LogP contribution in [0.5, 0.6) is 0 Å². The fourth-order valence-corrected chi connectivity index (χ4v) is 10.0. The lowest BCUT2D eigenvalue weighted by Crippen LogP contribution is -2.31. The van der Waals surface area contributed by atoms with Crippen LogP contribution in [0, 0.1) is 51.4 Å². The Hall–Kier alpha value is -5.49. The third kappa shape index (κ3) is 10.9. The van der Waals surface area contributed by atoms with Gasteiger partial charge in [0.05, 0.1) is 23.6 Å². The third-order valence-electron chi connectivity index (χ3n) is 13.1. The molecule has 6 rings (SSSR count). The van der Waals surface area contributed by atoms with E-state index in [2.05, 4.69) is 31.7 Å². The Morgan fingerprint density at radius 1 is 0.562 bits per heavy atom. The molecule has 3 heterocycles. The number of allylic oxidation sites excluding steroid dienone is 8. The van der Waals surface area contributed by atoms with Crippen LogP contribution >= 0.6 is 0 Å². The highest BCUT2D eigenvalue weighted by Gasteiger charge is 2.40. The van der Waals surface area contributed by atoms with Crippen LogP contribution in [0.3, 0.4) is 0 Å². The van der Waals surface area contributed by atoms with Crippen molar-refractivity contribution in [2.45, 2.75) is 119 Å². The normalized spacial score (nSPS) is 24.3. The van der Waals surface area contributed by atoms with E-state index < -0.39 is 77.4 Å². The van der Waals surface area contributed by atoms with E-state index in [1.165, 1.54) is 0 Å². The van der Waals surface area contributed by atoms with Gasteiger partial charge in [-0.05, 0) is 93.3 Å². The molecule has 0 spiro atoms. The van der Waals surface area contributed by atoms with Gasteiger partial charge in [0.1, 0.15) is 32.0 Å². The van der Waals surface area contributed by atoms with Crippen LogP contribution in [0.25, 0.3) is 4.85 Å². The summed E-state index contributed by atoms with van der Waals surface area (Å²) in [6.45, 7) is 21.6. The number of esters is 3. The highest BCUT2D eigenvalue weighted by Crippen LogP contribution is 2.48. The number of hydrogen-bond acceptors (Lipinski definition) is 11. The van der Waals surface area contributed by atoms with Crippen molar-refractivity contribution in [3.63, 3.8) is 0 Å². The number of nitrogens with zero attached hydrogens (tertiary/aromatic N) is 6. The minimum Gasteiger partial charge on any atom is -0.460 e. The third-order valence-corrected chi connectivity index (χ3v) is 13.1. The van der Waals surface area contributed by atoms with Crippen molar-refractivity contribution in [1.29, 1.82) is 10.5 Å². The fourth-order valence-electron chi connectivity index (χ4n) is 10.0. The molecule has 0 bridgehead atoms. The van der Waals surface area contributed by atoms with Gasteiger partial charge in [-0.25, -0.2) is 23.6 Å². The predicted octanol–water partition coefficient (Wildman–Crippen LogP) is 9.34. The number of hydrogen-bond donors (Lipinski definition) is 0. The second-order valence-electron chi connectivity index (χ2n) is 20.4. The number of likely N-dealkylation sites (tertiary alicyclic amines) is 3. The van der Waals surface area contributed by atoms with Crippen molar-refractivity contribution >= 4 is 17.9 Å². The van der Waals surface area contributed by atoms with E-state index in [-0.39, 0.29) is 52.8 Å². The van der Waals surface area contributed by atoms with Gasteiger partial charge in [-0.3, -0.25) is 0 Å². The van der Waals surface area contributed by atoms with Gasteiger partial charge in [0.25, 0.3) is 0 Å². The summed E-state index contributed by atoms with van der Waals surface area (Å²) in [7, 11) is 0. The molecule has 0 saturated carbocycles. The first kappa shape index (κ1) is 48.0. The number of carbonyl (C=O) groups excluding carboxylic acids is 3. The second-order valence-corrected chi connectivity index (χ2v) is 20.4. The van der Waals surface area contributed by atoms with E-state index in [0.717, 1.165) is 38.5 Å². The van der Waals surface area contributed by atoms with Gasteiger partial charge in [0.2, 0.25) is 23.2 Å². The van der Waals surface area contributed by atoms with Gasteiger partial charge in [-0.2, -0.15) is 19.3 Å². The van der Waals surface area contributed by atoms with Crippen LogP contribution < -0.4 is 0 Å². The van der Waals surface area contributed by atoms with Crippen molar-refractivity contribution in [3.05, 3.63) is 79.6 Å². The Morgan fingerprint density at radius 3 is 1.19 bits per heavy atom. The maximum atomic E-state index is 16.2. The molecule has 6 aliphatic rings. The summed E-state index contributed by atoms with van der Waals surface area (Å²) in [5, 5.41) is 20.4. The zero-order valence-corrected chi connectivity index (χ0v) is 38.2. The highest BCUT2D eigenvalue weighted by molar-refractivity contribution is 5.90. The maximum Gasteiger partial charge on any atom is 0.367 e. The number of carbonyl (C=O) groups is 3. The minimum absolute atomic E-state index is 0.0660. The zero-order chi connectivity index (χ0) is 46.6. The van der Waals surface area contributed by atoms with Crippen molar-refractivity contribution in [1.82, 2.24) is 14.7 Å². The Balaban J connectivity index is 1.26. The smallest absolute Gasteiger partial charge is 0.367 e. The second kappa shape index (κ2) is 19.7. The molecule has 344 valence electrons. The van der Waals surface area contributed by atoms with Crippen LogP contribution in [-0.2, 0) is 28.6 Å². The summed E-state index contributed by atoms with van der Waals surface area (Å²) < 4.78 is 64.9. The molecule has 3 aliphatic carbocycles. The average Bonchev–Trinajstić information content (AvgIpc) is 4.09. The van der Waals surface area contributed by atoms with Gasteiger partial charge >= 0.3 is 17.9 Å². The molecule has 3 fully saturated rings. The van der Waals surface area contributed by atoms with Crippen molar-refractivity contribution < 1.29 is 41.8 Å². The monoisotopic (exact) mass is 886 g/mol. The lowest BCUT2D eigenvalue weighted by atomic mass is 9.73. The number of rotatable bonds is 12. The number of halogens is 3. The first-order valence-electron chi connectivity index (χ1n) is 22.6. The molecule has 0 aromatic carbocycles. The first-order chi connectivity index (χ1) is 30.3. The molecule has 0 unspecified atom stereocenters. The SMILES string of the molecule is [C-]#[N+]C1=C(N2CCCC2)CC(C)(C)C/C1=C(/F)C(=O)OCC(COC(=O)/C(F)=C1\CC(C)(C)CC(N2CCCC2)=C1C#N)COC(=O)/C(F)=C1\CC(C)(C)CC(N2CCCC2)=C1C#N. The molecule has 0 aromatic heterocycles. The Bertz CT molecular complexity index is 1980. The van der Waals surface area contributed by atoms with Crippen LogP contribution in [0.1, 0.15) is 119 Å². The molecule has 3 aliphatic heterocycles. The summed E-state index contributed by atoms with van der Waals surface area (Å²) >= 11 is 0. The van der Waals surface area contributed by atoms with E-state index in [9.17, 15) is 24.9 Å². The molecule has 3 saturated heterocycles. The van der Waals surface area contributed by atoms with Crippen LogP contribution in [0.15, 0.2) is 68.1 Å². The van der Waals surface area contributed by atoms with Crippen LogP contribution in [0.4, 0.5) is 13.2 Å². The largest absolute Gasteiger partial charge is 0.460 e. The molecule has 0 radical (unpaired) electrons. The molecule has 0 atom stereocenters. The Kier molecular flexibility index (Phi) is 14.8. The molecular formula is C49H61F3N6O6.